The van der Waals surface area contributed by atoms with Crippen molar-refractivity contribution in [3.8, 4) is 17.2 Å². The number of nitrogens with one attached hydrogen (secondary N) is 2. The van der Waals surface area contributed by atoms with Gasteiger partial charge in [-0.25, -0.2) is 0 Å². The normalized spacial score (nSPS) is 10.9. The molecule has 0 aliphatic heterocycles. The molecular formula is C26H27N5O3S. The number of amides is 1. The third-order valence-corrected chi connectivity index (χ3v) is 5.81. The minimum atomic E-state index is -0.380. The number of carbonyl (C=O) groups is 1. The number of benzene rings is 3. The van der Waals surface area contributed by atoms with Gasteiger partial charge in [0, 0.05) is 17.3 Å². The summed E-state index contributed by atoms with van der Waals surface area (Å²) in [6.45, 7) is 6.26. The van der Waals surface area contributed by atoms with E-state index in [1.807, 2.05) is 31.2 Å². The number of methoxy groups -OCH3 is 2. The number of aromatic nitrogens is 3. The summed E-state index contributed by atoms with van der Waals surface area (Å²) in [4.78, 5) is 14.3. The molecule has 3 aromatic carbocycles. The third-order valence-electron chi connectivity index (χ3n) is 5.61. The molecule has 8 nitrogen and oxygen atoms in total. The first-order valence-electron chi connectivity index (χ1n) is 11.1. The average Bonchev–Trinajstić information content (AvgIpc) is 3.26. The van der Waals surface area contributed by atoms with Gasteiger partial charge in [-0.05, 0) is 72.6 Å². The lowest BCUT2D eigenvalue weighted by molar-refractivity contribution is 0.0977. The SMILES string of the molecule is COc1cc(OC)cc(C(=O)NC(=S)Nc2cc3nn(-c4ccc(C(C)C)cc4)nc3cc2C)c1. The molecule has 35 heavy (non-hydrogen) atoms. The molecule has 1 aromatic heterocycles. The van der Waals surface area contributed by atoms with Crippen LogP contribution in [0.15, 0.2) is 54.6 Å². The predicted octanol–water partition coefficient (Wildman–Crippen LogP) is 5.00. The fraction of sp³-hybridized carbons (Fsp3) is 0.231. The van der Waals surface area contributed by atoms with Crippen molar-refractivity contribution in [1.82, 2.24) is 20.3 Å². The first kappa shape index (κ1) is 24.2. The molecule has 0 saturated heterocycles. The molecule has 4 rings (SSSR count). The number of anilines is 1. The van der Waals surface area contributed by atoms with Gasteiger partial charge in [0.15, 0.2) is 5.11 Å². The quantitative estimate of drug-likeness (QED) is 0.369. The molecule has 0 aliphatic rings. The van der Waals surface area contributed by atoms with Crippen molar-refractivity contribution in [2.45, 2.75) is 26.7 Å². The molecule has 0 aliphatic carbocycles. The molecular weight excluding hydrogens is 462 g/mol. The van der Waals surface area contributed by atoms with Gasteiger partial charge in [0.05, 0.1) is 19.9 Å². The number of aryl methyl sites for hydroxylation is 1. The fourth-order valence-corrected chi connectivity index (χ4v) is 3.78. The molecule has 0 atom stereocenters. The van der Waals surface area contributed by atoms with Crippen molar-refractivity contribution >= 4 is 40.0 Å². The van der Waals surface area contributed by atoms with E-state index in [0.29, 0.717) is 28.5 Å². The Morgan fingerprint density at radius 3 is 2.11 bits per heavy atom. The average molecular weight is 490 g/mol. The Hall–Kier alpha value is -3.98. The van der Waals surface area contributed by atoms with E-state index in [9.17, 15) is 4.79 Å². The Labute approximate surface area is 209 Å². The number of thiocarbonyl (C=S) groups is 1. The molecule has 9 heteroatoms. The predicted molar refractivity (Wildman–Crippen MR) is 141 cm³/mol. The second-order valence-electron chi connectivity index (χ2n) is 8.40. The van der Waals surface area contributed by atoms with Gasteiger partial charge in [0.25, 0.3) is 5.91 Å². The van der Waals surface area contributed by atoms with Crippen molar-refractivity contribution < 1.29 is 14.3 Å². The third kappa shape index (κ3) is 5.41. The van der Waals surface area contributed by atoms with Crippen LogP contribution in [0.2, 0.25) is 0 Å². The van der Waals surface area contributed by atoms with E-state index in [0.717, 1.165) is 22.5 Å². The number of carbonyl (C=O) groups excluding carboxylic acids is 1. The molecule has 4 aromatic rings. The monoisotopic (exact) mass is 489 g/mol. The van der Waals surface area contributed by atoms with Gasteiger partial charge in [-0.15, -0.1) is 10.2 Å². The van der Waals surface area contributed by atoms with E-state index >= 15 is 0 Å². The van der Waals surface area contributed by atoms with Crippen LogP contribution in [0.1, 0.15) is 41.3 Å². The number of nitrogens with zero attached hydrogens (tertiary/aromatic N) is 3. The number of ether oxygens (including phenoxy) is 2. The highest BCUT2D eigenvalue weighted by Gasteiger charge is 2.14. The van der Waals surface area contributed by atoms with Crippen LogP contribution in [0.3, 0.4) is 0 Å². The number of fused-ring (bicyclic) bond motifs is 1. The maximum atomic E-state index is 12.7. The van der Waals surface area contributed by atoms with E-state index in [1.54, 1.807) is 23.0 Å². The summed E-state index contributed by atoms with van der Waals surface area (Å²) in [6, 6.07) is 16.9. The molecule has 0 saturated carbocycles. The lowest BCUT2D eigenvalue weighted by Gasteiger charge is -2.12. The fourth-order valence-electron chi connectivity index (χ4n) is 3.58. The van der Waals surface area contributed by atoms with Crippen LogP contribution in [0, 0.1) is 6.92 Å². The molecule has 0 spiro atoms. The molecule has 1 amide bonds. The lowest BCUT2D eigenvalue weighted by atomic mass is 10.0. The van der Waals surface area contributed by atoms with E-state index in [1.165, 1.54) is 19.8 Å². The van der Waals surface area contributed by atoms with Gasteiger partial charge in [0.2, 0.25) is 0 Å². The van der Waals surface area contributed by atoms with Gasteiger partial charge in [-0.2, -0.15) is 4.80 Å². The number of rotatable bonds is 6. The zero-order valence-corrected chi connectivity index (χ0v) is 21.1. The van der Waals surface area contributed by atoms with Crippen molar-refractivity contribution in [2.24, 2.45) is 0 Å². The Morgan fingerprint density at radius 1 is 0.943 bits per heavy atom. The summed E-state index contributed by atoms with van der Waals surface area (Å²) in [5.74, 6) is 1.10. The molecule has 0 bridgehead atoms. The smallest absolute Gasteiger partial charge is 0.257 e. The largest absolute Gasteiger partial charge is 0.497 e. The molecule has 0 radical (unpaired) electrons. The Morgan fingerprint density at radius 2 is 1.54 bits per heavy atom. The van der Waals surface area contributed by atoms with Crippen LogP contribution >= 0.6 is 12.2 Å². The second-order valence-corrected chi connectivity index (χ2v) is 8.81. The topological polar surface area (TPSA) is 90.3 Å². The molecule has 2 N–H and O–H groups in total. The number of hydrogen-bond acceptors (Lipinski definition) is 6. The second kappa shape index (κ2) is 10.1. The van der Waals surface area contributed by atoms with Crippen molar-refractivity contribution in [3.05, 3.63) is 71.3 Å². The van der Waals surface area contributed by atoms with Crippen LogP contribution in [-0.4, -0.2) is 40.2 Å². The van der Waals surface area contributed by atoms with Gasteiger partial charge < -0.3 is 14.8 Å². The zero-order valence-electron chi connectivity index (χ0n) is 20.2. The molecule has 180 valence electrons. The van der Waals surface area contributed by atoms with E-state index < -0.39 is 0 Å². The van der Waals surface area contributed by atoms with Gasteiger partial charge >= 0.3 is 0 Å². The van der Waals surface area contributed by atoms with Crippen molar-refractivity contribution in [3.63, 3.8) is 0 Å². The lowest BCUT2D eigenvalue weighted by Crippen LogP contribution is -2.34. The van der Waals surface area contributed by atoms with E-state index in [2.05, 4.69) is 46.8 Å². The van der Waals surface area contributed by atoms with E-state index in [4.69, 9.17) is 21.7 Å². The maximum absolute atomic E-state index is 12.7. The highest BCUT2D eigenvalue weighted by molar-refractivity contribution is 7.80. The van der Waals surface area contributed by atoms with Crippen LogP contribution in [0.25, 0.3) is 16.7 Å². The van der Waals surface area contributed by atoms with E-state index in [-0.39, 0.29) is 11.0 Å². The highest BCUT2D eigenvalue weighted by Crippen LogP contribution is 2.24. The first-order chi connectivity index (χ1) is 16.8. The van der Waals surface area contributed by atoms with Gasteiger partial charge in [-0.1, -0.05) is 26.0 Å². The summed E-state index contributed by atoms with van der Waals surface area (Å²) in [6.07, 6.45) is 0. The van der Waals surface area contributed by atoms with Crippen LogP contribution in [-0.2, 0) is 0 Å². The highest BCUT2D eigenvalue weighted by atomic mass is 32.1. The summed E-state index contributed by atoms with van der Waals surface area (Å²) in [5, 5.41) is 15.2. The summed E-state index contributed by atoms with van der Waals surface area (Å²) < 4.78 is 10.5. The maximum Gasteiger partial charge on any atom is 0.257 e. The molecule has 0 fully saturated rings. The standard InChI is InChI=1S/C26H27N5O3S/c1-15(2)17-6-8-19(9-7-17)31-29-23-10-16(3)22(14-24(23)30-31)27-26(35)28-25(32)18-11-20(33-4)13-21(12-18)34-5/h6-15H,1-5H3,(H2,27,28,32,35). The summed E-state index contributed by atoms with van der Waals surface area (Å²) >= 11 is 5.39. The molecule has 0 unspecified atom stereocenters. The first-order valence-corrected chi connectivity index (χ1v) is 11.5. The number of hydrogen-bond donors (Lipinski definition) is 2. The minimum Gasteiger partial charge on any atom is -0.497 e. The van der Waals surface area contributed by atoms with Gasteiger partial charge in [0.1, 0.15) is 22.5 Å². The Balaban J connectivity index is 1.51. The summed E-state index contributed by atoms with van der Waals surface area (Å²) in [7, 11) is 3.05. The Bertz CT molecular complexity index is 1370. The minimum absolute atomic E-state index is 0.163. The zero-order chi connectivity index (χ0) is 25.1. The van der Waals surface area contributed by atoms with Crippen molar-refractivity contribution in [2.75, 3.05) is 19.5 Å². The van der Waals surface area contributed by atoms with Crippen molar-refractivity contribution in [1.29, 1.82) is 0 Å². The summed E-state index contributed by atoms with van der Waals surface area (Å²) in [5.41, 5.74) is 5.62. The van der Waals surface area contributed by atoms with Gasteiger partial charge in [-0.3, -0.25) is 10.1 Å². The Kier molecular flexibility index (Phi) is 6.97. The molecule has 1 heterocycles. The van der Waals surface area contributed by atoms with Crippen LogP contribution in [0.5, 0.6) is 11.5 Å². The van der Waals surface area contributed by atoms with Crippen LogP contribution in [0.4, 0.5) is 5.69 Å². The van der Waals surface area contributed by atoms with Crippen LogP contribution < -0.4 is 20.1 Å².